The lowest BCUT2D eigenvalue weighted by molar-refractivity contribution is -0.138. The van der Waals surface area contributed by atoms with Gasteiger partial charge < -0.3 is 20.0 Å². The molecule has 2 aliphatic rings. The first kappa shape index (κ1) is 22.6. The van der Waals surface area contributed by atoms with E-state index >= 15 is 0 Å². The second-order valence-electron chi connectivity index (χ2n) is 7.45. The normalized spacial score (nSPS) is 26.5. The Morgan fingerprint density at radius 1 is 0.900 bits per heavy atom. The highest BCUT2D eigenvalue weighted by Gasteiger charge is 2.40. The lowest BCUT2D eigenvalue weighted by Crippen LogP contribution is -2.32. The third-order valence-corrected chi connectivity index (χ3v) is 8.00. The lowest BCUT2D eigenvalue weighted by atomic mass is 10.1. The van der Waals surface area contributed by atoms with Crippen molar-refractivity contribution in [3.8, 4) is 0 Å². The molecule has 4 unspecified atom stereocenters. The second kappa shape index (κ2) is 9.34. The van der Waals surface area contributed by atoms with E-state index in [1.807, 2.05) is 38.1 Å². The van der Waals surface area contributed by atoms with Crippen LogP contribution in [0.4, 0.5) is 0 Å². The van der Waals surface area contributed by atoms with Crippen molar-refractivity contribution in [3.63, 3.8) is 0 Å². The van der Waals surface area contributed by atoms with E-state index in [0.717, 1.165) is 11.1 Å². The molecule has 3 rings (SSSR count). The summed E-state index contributed by atoms with van der Waals surface area (Å²) in [4.78, 5) is 39.3. The number of carboxylic acids is 1. The highest BCUT2D eigenvalue weighted by Crippen LogP contribution is 2.45. The van der Waals surface area contributed by atoms with E-state index in [0.29, 0.717) is 13.0 Å². The summed E-state index contributed by atoms with van der Waals surface area (Å²) in [5.41, 5.74) is 1.91. The van der Waals surface area contributed by atoms with Crippen LogP contribution in [0.15, 0.2) is 36.6 Å². The van der Waals surface area contributed by atoms with E-state index in [1.165, 1.54) is 11.8 Å². The van der Waals surface area contributed by atoms with E-state index in [2.05, 4.69) is 6.58 Å². The monoisotopic (exact) mass is 450 g/mol. The minimum absolute atomic E-state index is 0.0425. The summed E-state index contributed by atoms with van der Waals surface area (Å²) >= 11 is 3.08. The van der Waals surface area contributed by atoms with Crippen LogP contribution in [0, 0.1) is 0 Å². The van der Waals surface area contributed by atoms with Crippen molar-refractivity contribution in [3.05, 3.63) is 47.7 Å². The molecule has 0 bridgehead atoms. The molecule has 2 fully saturated rings. The molecule has 9 heteroatoms. The molecule has 2 aliphatic heterocycles. The molecular formula is C21H26N2O5S2. The maximum Gasteiger partial charge on any atom is 0.305 e. The van der Waals surface area contributed by atoms with Gasteiger partial charge >= 0.3 is 5.97 Å². The molecule has 1 aromatic rings. The van der Waals surface area contributed by atoms with Gasteiger partial charge in [-0.25, -0.2) is 0 Å². The van der Waals surface area contributed by atoms with Gasteiger partial charge in [-0.1, -0.05) is 30.8 Å². The molecule has 7 nitrogen and oxygen atoms in total. The number of carbonyl (C=O) groups is 3. The zero-order valence-corrected chi connectivity index (χ0v) is 18.6. The van der Waals surface area contributed by atoms with Gasteiger partial charge in [0.05, 0.1) is 22.7 Å². The molecule has 0 aromatic heterocycles. The number of nitrogens with zero attached hydrogens (tertiary/aromatic N) is 2. The maximum atomic E-state index is 12.5. The molecule has 2 saturated heterocycles. The number of carboxylic acid groups (broad SMARTS) is 1. The predicted molar refractivity (Wildman–Crippen MR) is 118 cm³/mol. The zero-order chi connectivity index (χ0) is 22.0. The minimum Gasteiger partial charge on any atom is -0.513 e. The minimum atomic E-state index is -0.927. The number of rotatable bonds is 8. The molecule has 2 heterocycles. The van der Waals surface area contributed by atoms with Crippen molar-refractivity contribution in [2.75, 3.05) is 13.1 Å². The number of carbonyl (C=O) groups excluding carboxylic acids is 2. The molecule has 162 valence electrons. The van der Waals surface area contributed by atoms with Crippen molar-refractivity contribution in [2.24, 2.45) is 0 Å². The smallest absolute Gasteiger partial charge is 0.305 e. The third kappa shape index (κ3) is 4.78. The van der Waals surface area contributed by atoms with E-state index in [9.17, 15) is 19.5 Å². The SMILES string of the molecule is C=C(O)CCN1C(=O)C(C)SC1c1ccc(C2SC(C)C(=O)N2CCC(=O)O)cc1. The van der Waals surface area contributed by atoms with Crippen LogP contribution >= 0.6 is 23.5 Å². The molecular weight excluding hydrogens is 424 g/mol. The van der Waals surface area contributed by atoms with Gasteiger partial charge in [0.2, 0.25) is 11.8 Å². The first-order chi connectivity index (χ1) is 14.2. The van der Waals surface area contributed by atoms with Crippen LogP contribution in [0.5, 0.6) is 0 Å². The van der Waals surface area contributed by atoms with Gasteiger partial charge in [-0.05, 0) is 25.0 Å². The van der Waals surface area contributed by atoms with Crippen LogP contribution in [-0.4, -0.2) is 61.4 Å². The highest BCUT2D eigenvalue weighted by atomic mass is 32.2. The second-order valence-corrected chi connectivity index (χ2v) is 10.3. The largest absolute Gasteiger partial charge is 0.513 e. The molecule has 0 radical (unpaired) electrons. The van der Waals surface area contributed by atoms with Gasteiger partial charge in [-0.2, -0.15) is 0 Å². The standard InChI is InChI=1S/C21H26N2O5S2/c1-12(24)8-10-22-18(27)13(2)29-20(22)15-4-6-16(7-5-15)21-23(11-9-17(25)26)19(28)14(3)30-21/h4-7,13-14,20-21,24H,1,8-11H2,2-3H3,(H,25,26). The summed E-state index contributed by atoms with van der Waals surface area (Å²) < 4.78 is 0. The molecule has 0 aliphatic carbocycles. The van der Waals surface area contributed by atoms with Gasteiger partial charge in [0.1, 0.15) is 10.7 Å². The van der Waals surface area contributed by atoms with E-state index in [-0.39, 0.29) is 51.8 Å². The summed E-state index contributed by atoms with van der Waals surface area (Å²) in [6.45, 7) is 7.81. The van der Waals surface area contributed by atoms with E-state index in [1.54, 1.807) is 21.6 Å². The summed E-state index contributed by atoms with van der Waals surface area (Å²) in [5.74, 6) is -0.874. The van der Waals surface area contributed by atoms with Crippen LogP contribution < -0.4 is 0 Å². The average Bonchev–Trinajstić information content (AvgIpc) is 3.14. The Kier molecular flexibility index (Phi) is 7.02. The number of hydrogen-bond acceptors (Lipinski definition) is 6. The van der Waals surface area contributed by atoms with E-state index < -0.39 is 5.97 Å². The van der Waals surface area contributed by atoms with Crippen LogP contribution in [0.3, 0.4) is 0 Å². The molecule has 0 spiro atoms. The Hall–Kier alpha value is -2.13. The van der Waals surface area contributed by atoms with Crippen molar-refractivity contribution < 1.29 is 24.6 Å². The molecule has 2 amide bonds. The summed E-state index contributed by atoms with van der Waals surface area (Å²) in [6, 6.07) is 7.82. The Morgan fingerprint density at radius 3 is 1.67 bits per heavy atom. The van der Waals surface area contributed by atoms with Gasteiger partial charge in [0.25, 0.3) is 0 Å². The summed E-state index contributed by atoms with van der Waals surface area (Å²) in [6.07, 6.45) is 0.252. The fraction of sp³-hybridized carbons (Fsp3) is 0.476. The van der Waals surface area contributed by atoms with Crippen LogP contribution in [-0.2, 0) is 14.4 Å². The quantitative estimate of drug-likeness (QED) is 0.585. The van der Waals surface area contributed by atoms with E-state index in [4.69, 9.17) is 5.11 Å². The topological polar surface area (TPSA) is 98.2 Å². The predicted octanol–water partition coefficient (Wildman–Crippen LogP) is 3.55. The number of hydrogen-bond donors (Lipinski definition) is 2. The summed E-state index contributed by atoms with van der Waals surface area (Å²) in [5, 5.41) is 17.7. The molecule has 1 aromatic carbocycles. The van der Waals surface area contributed by atoms with Crippen LogP contribution in [0.1, 0.15) is 48.6 Å². The average molecular weight is 451 g/mol. The maximum absolute atomic E-state index is 12.5. The molecule has 2 N–H and O–H groups in total. The molecule has 0 saturated carbocycles. The Labute approximate surface area is 184 Å². The van der Waals surface area contributed by atoms with Gasteiger partial charge in [-0.15, -0.1) is 23.5 Å². The number of aliphatic hydroxyl groups is 1. The Bertz CT molecular complexity index is 775. The Morgan fingerprint density at radius 2 is 1.30 bits per heavy atom. The third-order valence-electron chi connectivity index (χ3n) is 5.21. The lowest BCUT2D eigenvalue weighted by Gasteiger charge is -2.26. The Balaban J connectivity index is 1.77. The van der Waals surface area contributed by atoms with Gasteiger partial charge in [0.15, 0.2) is 0 Å². The number of thioether (sulfide) groups is 2. The van der Waals surface area contributed by atoms with Crippen molar-refractivity contribution in [1.29, 1.82) is 0 Å². The summed E-state index contributed by atoms with van der Waals surface area (Å²) in [7, 11) is 0. The molecule has 30 heavy (non-hydrogen) atoms. The first-order valence-electron chi connectivity index (χ1n) is 9.79. The van der Waals surface area contributed by atoms with Crippen molar-refractivity contribution >= 4 is 41.3 Å². The molecule has 4 atom stereocenters. The highest BCUT2D eigenvalue weighted by molar-refractivity contribution is 8.01. The number of benzene rings is 1. The van der Waals surface area contributed by atoms with Crippen LogP contribution in [0.25, 0.3) is 0 Å². The van der Waals surface area contributed by atoms with Gasteiger partial charge in [-0.3, -0.25) is 14.4 Å². The van der Waals surface area contributed by atoms with Crippen LogP contribution in [0.2, 0.25) is 0 Å². The van der Waals surface area contributed by atoms with Crippen molar-refractivity contribution in [2.45, 2.75) is 47.9 Å². The van der Waals surface area contributed by atoms with Crippen molar-refractivity contribution in [1.82, 2.24) is 9.80 Å². The zero-order valence-electron chi connectivity index (χ0n) is 17.0. The number of amides is 2. The van der Waals surface area contributed by atoms with Gasteiger partial charge in [0, 0.05) is 19.5 Å². The number of aliphatic carboxylic acids is 1. The number of aliphatic hydroxyl groups excluding tert-OH is 1. The fourth-order valence-corrected chi connectivity index (χ4v) is 6.23. The first-order valence-corrected chi connectivity index (χ1v) is 11.7. The fourth-order valence-electron chi connectivity index (χ4n) is 3.61.